The van der Waals surface area contributed by atoms with E-state index in [4.69, 9.17) is 0 Å². The Labute approximate surface area is 210 Å². The van der Waals surface area contributed by atoms with Crippen molar-refractivity contribution in [1.29, 1.82) is 0 Å². The van der Waals surface area contributed by atoms with E-state index in [9.17, 15) is 39.7 Å². The van der Waals surface area contributed by atoms with E-state index in [0.29, 0.717) is 11.1 Å². The number of aliphatic carboxylic acids is 1. The SMILES string of the molecule is O=C(C[C@H](NC(=O)c1cc([N+](=O)[O-])cc([N+](=O)[O-])c1)c1ccccc1)N[C@@H](Cc1ccccc1)C(=O)O. The van der Waals surface area contributed by atoms with Gasteiger partial charge in [0.15, 0.2) is 0 Å². The molecule has 12 heteroatoms. The molecule has 0 aliphatic rings. The number of nitrogens with one attached hydrogen (secondary N) is 2. The van der Waals surface area contributed by atoms with Gasteiger partial charge in [-0.2, -0.15) is 0 Å². The van der Waals surface area contributed by atoms with Crippen LogP contribution in [-0.2, 0) is 16.0 Å². The van der Waals surface area contributed by atoms with Crippen LogP contribution in [0, 0.1) is 20.2 Å². The van der Waals surface area contributed by atoms with Crippen molar-refractivity contribution in [3.63, 3.8) is 0 Å². The van der Waals surface area contributed by atoms with Gasteiger partial charge in [-0.1, -0.05) is 60.7 Å². The van der Waals surface area contributed by atoms with Crippen molar-refractivity contribution in [3.8, 4) is 0 Å². The Bertz CT molecular complexity index is 1280. The topological polar surface area (TPSA) is 182 Å². The predicted molar refractivity (Wildman–Crippen MR) is 131 cm³/mol. The number of hydrogen-bond acceptors (Lipinski definition) is 7. The van der Waals surface area contributed by atoms with Gasteiger partial charge in [0, 0.05) is 18.6 Å². The Morgan fingerprint density at radius 2 is 1.35 bits per heavy atom. The number of carbonyl (C=O) groups is 3. The lowest BCUT2D eigenvalue weighted by Crippen LogP contribution is -2.44. The molecule has 0 saturated carbocycles. The van der Waals surface area contributed by atoms with Gasteiger partial charge in [-0.3, -0.25) is 29.8 Å². The van der Waals surface area contributed by atoms with Gasteiger partial charge in [0.05, 0.1) is 33.9 Å². The van der Waals surface area contributed by atoms with E-state index in [1.807, 2.05) is 0 Å². The largest absolute Gasteiger partial charge is 0.480 e. The standard InChI is InChI=1S/C25H22N4O8/c30-23(26-22(25(32)33)11-16-7-3-1-4-8-16)15-21(17-9-5-2-6-10-17)27-24(31)18-12-19(28(34)35)14-20(13-18)29(36)37/h1-10,12-14,21-22H,11,15H2,(H,26,30)(H,27,31)(H,32,33)/t21-,22-/m0/s1. The second kappa shape index (κ2) is 12.0. The quantitative estimate of drug-likeness (QED) is 0.262. The van der Waals surface area contributed by atoms with E-state index in [-0.39, 0.29) is 18.4 Å². The van der Waals surface area contributed by atoms with Crippen LogP contribution in [0.4, 0.5) is 11.4 Å². The lowest BCUT2D eigenvalue weighted by Gasteiger charge is -2.21. The first-order chi connectivity index (χ1) is 17.6. The molecule has 37 heavy (non-hydrogen) atoms. The first-order valence-electron chi connectivity index (χ1n) is 11.0. The van der Waals surface area contributed by atoms with E-state index < -0.39 is 51.1 Å². The predicted octanol–water partition coefficient (Wildman–Crippen LogP) is 3.18. The number of benzene rings is 3. The summed E-state index contributed by atoms with van der Waals surface area (Å²) in [6.07, 6.45) is -0.313. The lowest BCUT2D eigenvalue weighted by molar-refractivity contribution is -0.394. The molecule has 0 heterocycles. The zero-order valence-corrected chi connectivity index (χ0v) is 19.3. The average Bonchev–Trinajstić information content (AvgIpc) is 2.88. The van der Waals surface area contributed by atoms with Gasteiger partial charge in [0.25, 0.3) is 17.3 Å². The van der Waals surface area contributed by atoms with Gasteiger partial charge in [-0.05, 0) is 11.1 Å². The smallest absolute Gasteiger partial charge is 0.326 e. The number of carboxylic acids is 1. The number of nitro groups is 2. The number of nitrogens with zero attached hydrogens (tertiary/aromatic N) is 2. The van der Waals surface area contributed by atoms with Crippen molar-refractivity contribution >= 4 is 29.2 Å². The fourth-order valence-electron chi connectivity index (χ4n) is 3.60. The highest BCUT2D eigenvalue weighted by molar-refractivity contribution is 5.96. The fraction of sp³-hybridized carbons (Fsp3) is 0.160. The van der Waals surface area contributed by atoms with E-state index >= 15 is 0 Å². The molecule has 0 saturated heterocycles. The number of non-ortho nitro benzene ring substituents is 2. The molecular weight excluding hydrogens is 484 g/mol. The summed E-state index contributed by atoms with van der Waals surface area (Å²) in [5.74, 6) is -2.78. The fourth-order valence-corrected chi connectivity index (χ4v) is 3.60. The zero-order chi connectivity index (χ0) is 26.9. The number of nitro benzene ring substituents is 2. The minimum absolute atomic E-state index is 0.0433. The van der Waals surface area contributed by atoms with Crippen LogP contribution in [0.2, 0.25) is 0 Å². The van der Waals surface area contributed by atoms with Gasteiger partial charge in [-0.15, -0.1) is 0 Å². The molecule has 0 unspecified atom stereocenters. The van der Waals surface area contributed by atoms with Crippen molar-refractivity contribution in [2.75, 3.05) is 0 Å². The Hall–Kier alpha value is -5.13. The lowest BCUT2D eigenvalue weighted by atomic mass is 10.0. The zero-order valence-electron chi connectivity index (χ0n) is 19.3. The van der Waals surface area contributed by atoms with Crippen molar-refractivity contribution in [3.05, 3.63) is 116 Å². The van der Waals surface area contributed by atoms with Crippen LogP contribution in [0.15, 0.2) is 78.9 Å². The summed E-state index contributed by atoms with van der Waals surface area (Å²) in [5.41, 5.74) is -0.414. The van der Waals surface area contributed by atoms with Crippen LogP contribution in [0.3, 0.4) is 0 Å². The van der Waals surface area contributed by atoms with Crippen molar-refractivity contribution in [2.24, 2.45) is 0 Å². The maximum Gasteiger partial charge on any atom is 0.326 e. The molecule has 190 valence electrons. The van der Waals surface area contributed by atoms with Gasteiger partial charge in [0.1, 0.15) is 6.04 Å². The summed E-state index contributed by atoms with van der Waals surface area (Å²) < 4.78 is 0. The molecule has 0 aliphatic carbocycles. The number of carbonyl (C=O) groups excluding carboxylic acids is 2. The maximum atomic E-state index is 12.9. The highest BCUT2D eigenvalue weighted by Crippen LogP contribution is 2.24. The van der Waals surface area contributed by atoms with Crippen LogP contribution in [-0.4, -0.2) is 38.8 Å². The molecule has 0 aliphatic heterocycles. The van der Waals surface area contributed by atoms with Crippen LogP contribution >= 0.6 is 0 Å². The molecule has 3 aromatic rings. The van der Waals surface area contributed by atoms with Crippen LogP contribution in [0.25, 0.3) is 0 Å². The Morgan fingerprint density at radius 1 is 0.811 bits per heavy atom. The molecule has 0 bridgehead atoms. The van der Waals surface area contributed by atoms with Crippen molar-refractivity contribution in [1.82, 2.24) is 10.6 Å². The second-order valence-corrected chi connectivity index (χ2v) is 8.04. The molecule has 3 N–H and O–H groups in total. The van der Waals surface area contributed by atoms with Gasteiger partial charge in [-0.25, -0.2) is 4.79 Å². The van der Waals surface area contributed by atoms with Crippen molar-refractivity contribution in [2.45, 2.75) is 24.9 Å². The first kappa shape index (κ1) is 26.5. The minimum Gasteiger partial charge on any atom is -0.480 e. The molecule has 2 amide bonds. The molecule has 0 aromatic heterocycles. The number of rotatable bonds is 11. The maximum absolute atomic E-state index is 12.9. The highest BCUT2D eigenvalue weighted by atomic mass is 16.6. The van der Waals surface area contributed by atoms with Crippen LogP contribution < -0.4 is 10.6 Å². The summed E-state index contributed by atoms with van der Waals surface area (Å²) in [6, 6.07) is 17.4. The summed E-state index contributed by atoms with van der Waals surface area (Å²) >= 11 is 0. The van der Waals surface area contributed by atoms with E-state index in [2.05, 4.69) is 10.6 Å². The monoisotopic (exact) mass is 506 g/mol. The number of amides is 2. The Balaban J connectivity index is 1.82. The third kappa shape index (κ3) is 7.42. The molecule has 0 radical (unpaired) electrons. The minimum atomic E-state index is -1.23. The summed E-state index contributed by atoms with van der Waals surface area (Å²) in [5, 5.41) is 37.0. The average molecular weight is 506 g/mol. The van der Waals surface area contributed by atoms with Gasteiger partial charge in [0.2, 0.25) is 5.91 Å². The van der Waals surface area contributed by atoms with Gasteiger partial charge < -0.3 is 15.7 Å². The summed E-state index contributed by atoms with van der Waals surface area (Å²) in [6.45, 7) is 0. The van der Waals surface area contributed by atoms with Crippen LogP contribution in [0.1, 0.15) is 33.9 Å². The highest BCUT2D eigenvalue weighted by Gasteiger charge is 2.26. The number of hydrogen-bond donors (Lipinski definition) is 3. The number of carboxylic acid groups (broad SMARTS) is 1. The molecule has 0 spiro atoms. The Morgan fingerprint density at radius 3 is 1.86 bits per heavy atom. The molecule has 3 aromatic carbocycles. The molecule has 0 fully saturated rings. The second-order valence-electron chi connectivity index (χ2n) is 8.04. The first-order valence-corrected chi connectivity index (χ1v) is 11.0. The van der Waals surface area contributed by atoms with Crippen LogP contribution in [0.5, 0.6) is 0 Å². The van der Waals surface area contributed by atoms with E-state index in [1.54, 1.807) is 60.7 Å². The van der Waals surface area contributed by atoms with Crippen molar-refractivity contribution < 1.29 is 29.3 Å². The van der Waals surface area contributed by atoms with E-state index in [1.165, 1.54) is 0 Å². The Kier molecular flexibility index (Phi) is 8.60. The normalized spacial score (nSPS) is 12.1. The molecular formula is C25H22N4O8. The summed E-state index contributed by atoms with van der Waals surface area (Å²) in [4.78, 5) is 58.2. The molecule has 3 rings (SSSR count). The molecule has 12 nitrogen and oxygen atoms in total. The summed E-state index contributed by atoms with van der Waals surface area (Å²) in [7, 11) is 0. The molecule has 2 atom stereocenters. The third-order valence-electron chi connectivity index (χ3n) is 5.40. The van der Waals surface area contributed by atoms with E-state index in [0.717, 1.165) is 18.2 Å². The van der Waals surface area contributed by atoms with Gasteiger partial charge >= 0.3 is 5.97 Å². The third-order valence-corrected chi connectivity index (χ3v) is 5.40.